The first kappa shape index (κ1) is 21.4. The molecule has 1 aromatic carbocycles. The zero-order valence-electron chi connectivity index (χ0n) is 18.3. The van der Waals surface area contributed by atoms with Crippen molar-refractivity contribution in [2.45, 2.75) is 45.3 Å². The maximum atomic E-state index is 13.3. The molecule has 0 bridgehead atoms. The Morgan fingerprint density at radius 3 is 2.68 bits per heavy atom. The van der Waals surface area contributed by atoms with E-state index in [-0.39, 0.29) is 12.3 Å². The van der Waals surface area contributed by atoms with Gasteiger partial charge in [-0.15, -0.1) is 0 Å². The molecule has 2 aromatic heterocycles. The van der Waals surface area contributed by atoms with Gasteiger partial charge in [0.1, 0.15) is 6.17 Å². The van der Waals surface area contributed by atoms with Gasteiger partial charge in [-0.1, -0.05) is 12.1 Å². The Morgan fingerprint density at radius 2 is 2.00 bits per heavy atom. The van der Waals surface area contributed by atoms with E-state index in [9.17, 15) is 9.18 Å². The zero-order valence-corrected chi connectivity index (χ0v) is 18.3. The highest BCUT2D eigenvalue weighted by molar-refractivity contribution is 5.87. The fourth-order valence-electron chi connectivity index (χ4n) is 4.30. The van der Waals surface area contributed by atoms with Gasteiger partial charge in [0.2, 0.25) is 5.91 Å². The van der Waals surface area contributed by atoms with Crippen molar-refractivity contribution in [1.82, 2.24) is 19.8 Å². The van der Waals surface area contributed by atoms with Crippen LogP contribution in [-0.2, 0) is 11.2 Å². The summed E-state index contributed by atoms with van der Waals surface area (Å²) in [5.74, 6) is 1.45. The Hall–Kier alpha value is -2.80. The van der Waals surface area contributed by atoms with E-state index in [0.29, 0.717) is 31.6 Å². The minimum atomic E-state index is -0.836. The predicted octanol–water partition coefficient (Wildman–Crippen LogP) is 4.02. The summed E-state index contributed by atoms with van der Waals surface area (Å²) in [4.78, 5) is 25.5. The zero-order chi connectivity index (χ0) is 22.0. The van der Waals surface area contributed by atoms with E-state index in [1.165, 1.54) is 0 Å². The Morgan fingerprint density at radius 1 is 1.23 bits per heavy atom. The molecule has 1 atom stereocenters. The van der Waals surface area contributed by atoms with Crippen molar-refractivity contribution in [1.29, 1.82) is 0 Å². The number of oxazole rings is 1. The summed E-state index contributed by atoms with van der Waals surface area (Å²) < 4.78 is 18.9. The number of rotatable bonds is 6. The molecule has 1 aliphatic rings. The van der Waals surface area contributed by atoms with Crippen LogP contribution in [0.3, 0.4) is 0 Å². The Balaban J connectivity index is 1.41. The lowest BCUT2D eigenvalue weighted by atomic mass is 10.0. The van der Waals surface area contributed by atoms with E-state index in [1.807, 2.05) is 49.3 Å². The SMILES string of the molecule is Cc1ncc(-c2ccc3cnc(CC(=O)N4CCC(N(C)CC(C)F)CC4)cc3c2)o1. The van der Waals surface area contributed by atoms with Crippen LogP contribution in [0.2, 0.25) is 0 Å². The third kappa shape index (κ3) is 5.10. The number of aryl methyl sites for hydroxylation is 1. The molecule has 6 nitrogen and oxygen atoms in total. The molecule has 3 aromatic rings. The van der Waals surface area contributed by atoms with E-state index in [0.717, 1.165) is 40.6 Å². The van der Waals surface area contributed by atoms with Crippen LogP contribution < -0.4 is 0 Å². The average molecular weight is 425 g/mol. The van der Waals surface area contributed by atoms with Crippen molar-refractivity contribution in [2.75, 3.05) is 26.7 Å². The third-order valence-corrected chi connectivity index (χ3v) is 6.00. The molecule has 0 radical (unpaired) electrons. The van der Waals surface area contributed by atoms with Crippen LogP contribution in [0.25, 0.3) is 22.1 Å². The number of hydrogen-bond donors (Lipinski definition) is 0. The van der Waals surface area contributed by atoms with Gasteiger partial charge in [0, 0.05) is 49.7 Å². The molecule has 1 unspecified atom stereocenters. The molecular weight excluding hydrogens is 395 g/mol. The molecule has 31 heavy (non-hydrogen) atoms. The molecule has 3 heterocycles. The van der Waals surface area contributed by atoms with Crippen LogP contribution in [0.1, 0.15) is 31.4 Å². The van der Waals surface area contributed by atoms with Crippen molar-refractivity contribution in [3.8, 4) is 11.3 Å². The summed E-state index contributed by atoms with van der Waals surface area (Å²) in [7, 11) is 1.96. The van der Waals surface area contributed by atoms with E-state index >= 15 is 0 Å². The van der Waals surface area contributed by atoms with Crippen LogP contribution in [0.4, 0.5) is 4.39 Å². The second-order valence-corrected chi connectivity index (χ2v) is 8.49. The summed E-state index contributed by atoms with van der Waals surface area (Å²) in [5, 5.41) is 2.03. The quantitative estimate of drug-likeness (QED) is 0.598. The predicted molar refractivity (Wildman–Crippen MR) is 118 cm³/mol. The van der Waals surface area contributed by atoms with Crippen LogP contribution in [0.5, 0.6) is 0 Å². The number of likely N-dealkylation sites (tertiary alicyclic amines) is 1. The fraction of sp³-hybridized carbons (Fsp3) is 0.458. The number of carbonyl (C=O) groups is 1. The minimum absolute atomic E-state index is 0.0915. The van der Waals surface area contributed by atoms with Crippen molar-refractivity contribution < 1.29 is 13.6 Å². The van der Waals surface area contributed by atoms with Crippen LogP contribution in [-0.4, -0.2) is 64.6 Å². The number of pyridine rings is 1. The summed E-state index contributed by atoms with van der Waals surface area (Å²) >= 11 is 0. The Kier molecular flexibility index (Phi) is 6.32. The lowest BCUT2D eigenvalue weighted by molar-refractivity contribution is -0.132. The maximum Gasteiger partial charge on any atom is 0.228 e. The standard InChI is InChI=1S/C24H29FN4O2/c1-16(25)15-28(3)22-6-8-29(9-7-22)24(30)12-21-11-20-10-18(4-5-19(20)13-27-21)23-14-26-17(2)31-23/h4-5,10-11,13-14,16,22H,6-9,12,15H2,1-3H3. The number of benzene rings is 1. The smallest absolute Gasteiger partial charge is 0.228 e. The Labute approximate surface area is 182 Å². The fourth-order valence-corrected chi connectivity index (χ4v) is 4.30. The molecule has 1 amide bonds. The van der Waals surface area contributed by atoms with Gasteiger partial charge in [0.15, 0.2) is 11.7 Å². The second-order valence-electron chi connectivity index (χ2n) is 8.49. The molecule has 0 N–H and O–H groups in total. The molecule has 1 saturated heterocycles. The van der Waals surface area contributed by atoms with Gasteiger partial charge in [-0.25, -0.2) is 9.37 Å². The number of fused-ring (bicyclic) bond motifs is 1. The molecule has 4 rings (SSSR count). The molecule has 7 heteroatoms. The molecule has 1 aliphatic heterocycles. The largest absolute Gasteiger partial charge is 0.441 e. The highest BCUT2D eigenvalue weighted by Crippen LogP contribution is 2.25. The van der Waals surface area contributed by atoms with E-state index in [2.05, 4.69) is 14.9 Å². The highest BCUT2D eigenvalue weighted by atomic mass is 19.1. The molecule has 1 fully saturated rings. The number of amides is 1. The molecular formula is C24H29FN4O2. The molecule has 0 aliphatic carbocycles. The van der Waals surface area contributed by atoms with Gasteiger partial charge >= 0.3 is 0 Å². The van der Waals surface area contributed by atoms with Gasteiger partial charge in [0.05, 0.1) is 18.3 Å². The normalized spacial score (nSPS) is 16.2. The van der Waals surface area contributed by atoms with E-state index in [4.69, 9.17) is 4.42 Å². The van der Waals surface area contributed by atoms with E-state index in [1.54, 1.807) is 13.1 Å². The van der Waals surface area contributed by atoms with Crippen LogP contribution in [0, 0.1) is 6.92 Å². The van der Waals surface area contributed by atoms with Gasteiger partial charge < -0.3 is 14.2 Å². The first-order valence-corrected chi connectivity index (χ1v) is 10.8. The molecule has 164 valence electrons. The van der Waals surface area contributed by atoms with E-state index < -0.39 is 6.17 Å². The van der Waals surface area contributed by atoms with Crippen molar-refractivity contribution in [2.24, 2.45) is 0 Å². The van der Waals surface area contributed by atoms with Crippen molar-refractivity contribution in [3.05, 3.63) is 48.2 Å². The van der Waals surface area contributed by atoms with Gasteiger partial charge in [-0.05, 0) is 44.3 Å². The number of halogens is 1. The minimum Gasteiger partial charge on any atom is -0.441 e. The third-order valence-electron chi connectivity index (χ3n) is 6.00. The molecule has 0 saturated carbocycles. The summed E-state index contributed by atoms with van der Waals surface area (Å²) in [6, 6.07) is 8.33. The van der Waals surface area contributed by atoms with Crippen molar-refractivity contribution in [3.63, 3.8) is 0 Å². The van der Waals surface area contributed by atoms with Crippen LogP contribution in [0.15, 0.2) is 41.1 Å². The number of aromatic nitrogens is 2. The van der Waals surface area contributed by atoms with Gasteiger partial charge in [-0.3, -0.25) is 9.78 Å². The summed E-state index contributed by atoms with van der Waals surface area (Å²) in [6.45, 7) is 5.26. The Bertz CT molecular complexity index is 1060. The van der Waals surface area contributed by atoms with Gasteiger partial charge in [0.25, 0.3) is 0 Å². The lowest BCUT2D eigenvalue weighted by Crippen LogP contribution is -2.47. The number of nitrogens with zero attached hydrogens (tertiary/aromatic N) is 4. The maximum absolute atomic E-state index is 13.3. The highest BCUT2D eigenvalue weighted by Gasteiger charge is 2.26. The van der Waals surface area contributed by atoms with Gasteiger partial charge in [-0.2, -0.15) is 0 Å². The summed E-state index contributed by atoms with van der Waals surface area (Å²) in [5.41, 5.74) is 1.71. The second kappa shape index (κ2) is 9.14. The monoisotopic (exact) mass is 424 g/mol. The van der Waals surface area contributed by atoms with Crippen LogP contribution >= 0.6 is 0 Å². The van der Waals surface area contributed by atoms with Crippen molar-refractivity contribution >= 4 is 16.7 Å². The number of carbonyl (C=O) groups excluding carboxylic acids is 1. The average Bonchev–Trinajstić information content (AvgIpc) is 3.19. The lowest BCUT2D eigenvalue weighted by Gasteiger charge is -2.37. The number of piperidine rings is 1. The number of hydrogen-bond acceptors (Lipinski definition) is 5. The topological polar surface area (TPSA) is 62.5 Å². The first-order valence-electron chi connectivity index (χ1n) is 10.8. The molecule has 0 spiro atoms. The first-order chi connectivity index (χ1) is 14.9. The summed E-state index contributed by atoms with van der Waals surface area (Å²) in [6.07, 6.45) is 4.73. The number of alkyl halides is 1.